The summed E-state index contributed by atoms with van der Waals surface area (Å²) in [5.41, 5.74) is 0.205. The molecule has 0 bridgehead atoms. The lowest BCUT2D eigenvalue weighted by Gasteiger charge is -2.54. The highest BCUT2D eigenvalue weighted by Crippen LogP contribution is 2.43. The molecule has 0 saturated carbocycles. The topological polar surface area (TPSA) is 81.9 Å². The Bertz CT molecular complexity index is 1440. The fourth-order valence-corrected chi connectivity index (χ4v) is 6.16. The van der Waals surface area contributed by atoms with Crippen molar-refractivity contribution in [3.05, 3.63) is 71.4 Å². The van der Waals surface area contributed by atoms with Crippen molar-refractivity contribution in [1.82, 2.24) is 10.1 Å². The largest absolute Gasteiger partial charge is 0.497 e. The van der Waals surface area contributed by atoms with Crippen molar-refractivity contribution in [2.24, 2.45) is 10.8 Å². The van der Waals surface area contributed by atoms with E-state index < -0.39 is 22.5 Å². The van der Waals surface area contributed by atoms with Gasteiger partial charge in [-0.2, -0.15) is 0 Å². The predicted octanol–water partition coefficient (Wildman–Crippen LogP) is 5.87. The third-order valence-corrected chi connectivity index (χ3v) is 8.21. The van der Waals surface area contributed by atoms with E-state index in [1.807, 2.05) is 38.1 Å². The molecule has 5 rings (SSSR count). The molecule has 9 heteroatoms. The number of ether oxygens (including phenoxy) is 2. The Hall–Kier alpha value is -3.43. The highest BCUT2D eigenvalue weighted by atomic mass is 19.1. The SMILES string of the molecule is COc1cccc(C(C)(C)CC(=O)CC2(CC(=O)c3cc(-c4ccc(F)cc4F)on3)CN(CC3(C)COC3)C2)c1. The second-order valence-electron chi connectivity index (χ2n) is 12.8. The Morgan fingerprint density at radius 2 is 1.83 bits per heavy atom. The number of Topliss-reactive ketones (excluding diaryl/α,β-unsaturated/α-hetero) is 2. The van der Waals surface area contributed by atoms with Crippen LogP contribution in [-0.2, 0) is 14.9 Å². The zero-order valence-corrected chi connectivity index (χ0v) is 24.0. The van der Waals surface area contributed by atoms with E-state index in [2.05, 4.69) is 17.0 Å². The summed E-state index contributed by atoms with van der Waals surface area (Å²) in [6.45, 7) is 9.70. The van der Waals surface area contributed by atoms with Gasteiger partial charge in [0.2, 0.25) is 0 Å². The number of benzene rings is 2. The Labute approximate surface area is 238 Å². The Morgan fingerprint density at radius 3 is 2.49 bits per heavy atom. The monoisotopic (exact) mass is 566 g/mol. The molecule has 7 nitrogen and oxygen atoms in total. The molecule has 218 valence electrons. The van der Waals surface area contributed by atoms with Gasteiger partial charge in [0, 0.05) is 61.9 Å². The van der Waals surface area contributed by atoms with Gasteiger partial charge in [-0.3, -0.25) is 9.59 Å². The number of aromatic nitrogens is 1. The van der Waals surface area contributed by atoms with Crippen LogP contribution in [0.2, 0.25) is 0 Å². The molecular formula is C32H36F2N2O5. The summed E-state index contributed by atoms with van der Waals surface area (Å²) in [5, 5.41) is 3.88. The number of nitrogens with zero attached hydrogens (tertiary/aromatic N) is 2. The minimum absolute atomic E-state index is 0.0217. The summed E-state index contributed by atoms with van der Waals surface area (Å²) in [5.74, 6) is -0.924. The molecule has 0 radical (unpaired) electrons. The van der Waals surface area contributed by atoms with Gasteiger partial charge in [-0.15, -0.1) is 0 Å². The van der Waals surface area contributed by atoms with E-state index in [0.717, 1.165) is 30.0 Å². The number of carbonyl (C=O) groups is 2. The molecule has 0 aliphatic carbocycles. The van der Waals surface area contributed by atoms with Crippen LogP contribution in [0.25, 0.3) is 11.3 Å². The number of halogens is 2. The van der Waals surface area contributed by atoms with Crippen LogP contribution in [0.15, 0.2) is 53.1 Å². The summed E-state index contributed by atoms with van der Waals surface area (Å²) < 4.78 is 43.6. The third-order valence-electron chi connectivity index (χ3n) is 8.21. The molecule has 2 saturated heterocycles. The Morgan fingerprint density at radius 1 is 1.07 bits per heavy atom. The Balaban J connectivity index is 1.30. The average Bonchev–Trinajstić information content (AvgIpc) is 3.36. The van der Waals surface area contributed by atoms with Crippen LogP contribution >= 0.6 is 0 Å². The van der Waals surface area contributed by atoms with Crippen LogP contribution in [-0.4, -0.2) is 61.6 Å². The number of likely N-dealkylation sites (tertiary alicyclic amines) is 1. The average molecular weight is 567 g/mol. The molecule has 2 aromatic carbocycles. The summed E-state index contributed by atoms with van der Waals surface area (Å²) in [6.07, 6.45) is 0.687. The standard InChI is InChI=1S/C32H36F2N2O5/c1-30(2,21-6-5-7-24(10-21)39-4)13-23(37)14-32(17-36(18-32)16-31(3)19-40-20-31)15-28(38)27-12-29(41-35-27)25-9-8-22(33)11-26(25)34/h5-12H,13-20H2,1-4H3. The van der Waals surface area contributed by atoms with Crippen molar-refractivity contribution in [2.45, 2.75) is 45.4 Å². The molecule has 3 aromatic rings. The number of hydrogen-bond donors (Lipinski definition) is 0. The number of rotatable bonds is 12. The maximum absolute atomic E-state index is 14.3. The molecule has 3 heterocycles. The molecule has 41 heavy (non-hydrogen) atoms. The predicted molar refractivity (Wildman–Crippen MR) is 149 cm³/mol. The number of hydrogen-bond acceptors (Lipinski definition) is 7. The van der Waals surface area contributed by atoms with Crippen molar-refractivity contribution in [1.29, 1.82) is 0 Å². The first kappa shape index (κ1) is 29.1. The van der Waals surface area contributed by atoms with Crippen LogP contribution in [0.4, 0.5) is 8.78 Å². The first-order valence-corrected chi connectivity index (χ1v) is 13.8. The lowest BCUT2D eigenvalue weighted by molar-refractivity contribution is -0.143. The van der Waals surface area contributed by atoms with Crippen LogP contribution in [0.3, 0.4) is 0 Å². The fourth-order valence-electron chi connectivity index (χ4n) is 6.16. The molecule has 1 aromatic heterocycles. The number of methoxy groups -OCH3 is 1. The molecule has 0 atom stereocenters. The molecule has 0 spiro atoms. The van der Waals surface area contributed by atoms with E-state index in [-0.39, 0.29) is 46.8 Å². The molecule has 0 N–H and O–H groups in total. The van der Waals surface area contributed by atoms with Crippen molar-refractivity contribution < 1.29 is 32.4 Å². The summed E-state index contributed by atoms with van der Waals surface area (Å²) in [6, 6.07) is 12.2. The van der Waals surface area contributed by atoms with E-state index >= 15 is 0 Å². The van der Waals surface area contributed by atoms with E-state index in [1.54, 1.807) is 7.11 Å². The van der Waals surface area contributed by atoms with Crippen molar-refractivity contribution in [3.63, 3.8) is 0 Å². The first-order chi connectivity index (χ1) is 19.4. The second kappa shape index (κ2) is 11.1. The zero-order chi connectivity index (χ0) is 29.4. The fraction of sp³-hybridized carbons (Fsp3) is 0.469. The summed E-state index contributed by atoms with van der Waals surface area (Å²) in [4.78, 5) is 29.2. The van der Waals surface area contributed by atoms with Crippen LogP contribution in [0.1, 0.15) is 56.1 Å². The van der Waals surface area contributed by atoms with Crippen molar-refractivity contribution in [3.8, 4) is 17.1 Å². The molecular weight excluding hydrogens is 530 g/mol. The molecule has 0 amide bonds. The van der Waals surface area contributed by atoms with Crippen LogP contribution < -0.4 is 4.74 Å². The van der Waals surface area contributed by atoms with Gasteiger partial charge in [0.25, 0.3) is 0 Å². The lowest BCUT2D eigenvalue weighted by atomic mass is 9.68. The quantitative estimate of drug-likeness (QED) is 0.254. The van der Waals surface area contributed by atoms with Gasteiger partial charge < -0.3 is 18.9 Å². The van der Waals surface area contributed by atoms with E-state index in [9.17, 15) is 18.4 Å². The van der Waals surface area contributed by atoms with Crippen LogP contribution in [0, 0.1) is 22.5 Å². The van der Waals surface area contributed by atoms with Crippen molar-refractivity contribution in [2.75, 3.05) is 40.0 Å². The van der Waals surface area contributed by atoms with E-state index in [0.29, 0.717) is 32.7 Å². The maximum atomic E-state index is 14.3. The highest BCUT2D eigenvalue weighted by molar-refractivity contribution is 5.96. The third kappa shape index (κ3) is 6.41. The first-order valence-electron chi connectivity index (χ1n) is 13.8. The minimum Gasteiger partial charge on any atom is -0.497 e. The van der Waals surface area contributed by atoms with E-state index in [4.69, 9.17) is 14.0 Å². The van der Waals surface area contributed by atoms with Gasteiger partial charge in [-0.05, 0) is 35.2 Å². The van der Waals surface area contributed by atoms with Gasteiger partial charge in [0.15, 0.2) is 11.5 Å². The van der Waals surface area contributed by atoms with E-state index in [1.165, 1.54) is 12.1 Å². The minimum atomic E-state index is -0.802. The van der Waals surface area contributed by atoms with Gasteiger partial charge >= 0.3 is 0 Å². The highest BCUT2D eigenvalue weighted by Gasteiger charge is 2.49. The van der Waals surface area contributed by atoms with Gasteiger partial charge in [0.1, 0.15) is 28.9 Å². The maximum Gasteiger partial charge on any atom is 0.185 e. The van der Waals surface area contributed by atoms with Gasteiger partial charge in [-0.1, -0.05) is 38.1 Å². The van der Waals surface area contributed by atoms with Crippen LogP contribution in [0.5, 0.6) is 5.75 Å². The smallest absolute Gasteiger partial charge is 0.185 e. The molecule has 0 unspecified atom stereocenters. The van der Waals surface area contributed by atoms with Gasteiger partial charge in [-0.25, -0.2) is 8.78 Å². The Kier molecular flexibility index (Phi) is 7.87. The lowest BCUT2D eigenvalue weighted by Crippen LogP contribution is -2.62. The summed E-state index contributed by atoms with van der Waals surface area (Å²) >= 11 is 0. The normalized spacial score (nSPS) is 17.9. The molecule has 2 fully saturated rings. The second-order valence-corrected chi connectivity index (χ2v) is 12.8. The number of carbonyl (C=O) groups excluding carboxylic acids is 2. The molecule has 2 aliphatic heterocycles. The van der Waals surface area contributed by atoms with Crippen molar-refractivity contribution >= 4 is 11.6 Å². The zero-order valence-electron chi connectivity index (χ0n) is 24.0. The molecule has 2 aliphatic rings. The van der Waals surface area contributed by atoms with Gasteiger partial charge in [0.05, 0.1) is 25.9 Å². The number of ketones is 2. The summed E-state index contributed by atoms with van der Waals surface area (Å²) in [7, 11) is 1.62.